The molecule has 0 saturated heterocycles. The molecule has 0 spiro atoms. The van der Waals surface area contributed by atoms with Crippen LogP contribution in [-0.4, -0.2) is 11.5 Å². The number of alkyl halides is 3. The van der Waals surface area contributed by atoms with Crippen LogP contribution in [0.1, 0.15) is 11.1 Å². The van der Waals surface area contributed by atoms with Gasteiger partial charge in [0, 0.05) is 34.8 Å². The molecule has 0 unspecified atom stereocenters. The van der Waals surface area contributed by atoms with Crippen molar-refractivity contribution in [2.45, 2.75) is 12.6 Å². The Hall–Kier alpha value is -2.76. The zero-order valence-electron chi connectivity index (χ0n) is 12.5. The van der Waals surface area contributed by atoms with E-state index in [-0.39, 0.29) is 5.56 Å². The van der Waals surface area contributed by atoms with Crippen LogP contribution in [0, 0.1) is 0 Å². The van der Waals surface area contributed by atoms with E-state index in [1.165, 1.54) is 12.1 Å². The van der Waals surface area contributed by atoms with E-state index in [1.54, 1.807) is 12.1 Å². The molecule has 4 rings (SSSR count). The zero-order valence-corrected chi connectivity index (χ0v) is 12.5. The number of hydrogen-bond acceptors (Lipinski definition) is 2. The third kappa shape index (κ3) is 2.35. The average molecular weight is 330 g/mol. The van der Waals surface area contributed by atoms with Crippen LogP contribution in [0.4, 0.5) is 18.9 Å². The Balaban J connectivity index is 1.96. The molecule has 2 heterocycles. The minimum absolute atomic E-state index is 0.176. The standard InChI is InChI=1S/C18H13F3N2O/c19-18(20,21)10-1-2-14-11-3-5-15-13(4-6-17(24)23-15)12(11)7-8-22-16(14)9-10/h1-6,9,22H,7-8H2,(H,23,24). The molecule has 1 aliphatic heterocycles. The van der Waals surface area contributed by atoms with E-state index >= 15 is 0 Å². The normalized spacial score (nSPS) is 13.8. The van der Waals surface area contributed by atoms with Crippen LogP contribution in [0.15, 0.2) is 47.3 Å². The van der Waals surface area contributed by atoms with Crippen molar-refractivity contribution in [3.63, 3.8) is 0 Å². The van der Waals surface area contributed by atoms with E-state index in [4.69, 9.17) is 0 Å². The second-order valence-corrected chi connectivity index (χ2v) is 5.81. The number of aromatic amines is 1. The molecule has 6 heteroatoms. The van der Waals surface area contributed by atoms with Crippen molar-refractivity contribution in [3.05, 3.63) is 63.9 Å². The lowest BCUT2D eigenvalue weighted by Gasteiger charge is -2.14. The quantitative estimate of drug-likeness (QED) is 0.649. The number of benzene rings is 2. The second-order valence-electron chi connectivity index (χ2n) is 5.81. The van der Waals surface area contributed by atoms with Crippen molar-refractivity contribution in [1.82, 2.24) is 4.98 Å². The van der Waals surface area contributed by atoms with Gasteiger partial charge < -0.3 is 10.3 Å². The molecule has 0 amide bonds. The van der Waals surface area contributed by atoms with E-state index in [0.717, 1.165) is 39.7 Å². The van der Waals surface area contributed by atoms with Crippen LogP contribution < -0.4 is 10.9 Å². The molecule has 0 aliphatic carbocycles. The van der Waals surface area contributed by atoms with Gasteiger partial charge in [0.2, 0.25) is 5.56 Å². The van der Waals surface area contributed by atoms with E-state index < -0.39 is 11.7 Å². The van der Waals surface area contributed by atoms with Gasteiger partial charge in [-0.25, -0.2) is 0 Å². The summed E-state index contributed by atoms with van der Waals surface area (Å²) in [4.78, 5) is 14.3. The number of rotatable bonds is 0. The zero-order chi connectivity index (χ0) is 16.9. The summed E-state index contributed by atoms with van der Waals surface area (Å²) in [5.41, 5.74) is 3.03. The Morgan fingerprint density at radius 1 is 0.958 bits per heavy atom. The lowest BCUT2D eigenvalue weighted by Crippen LogP contribution is -2.07. The molecule has 0 radical (unpaired) electrons. The van der Waals surface area contributed by atoms with E-state index in [0.29, 0.717) is 18.7 Å². The predicted octanol–water partition coefficient (Wildman–Crippen LogP) is 4.18. The highest BCUT2D eigenvalue weighted by Crippen LogP contribution is 2.39. The average Bonchev–Trinajstić information content (AvgIpc) is 2.72. The Kier molecular flexibility index (Phi) is 3.16. The molecule has 3 nitrogen and oxygen atoms in total. The fourth-order valence-electron chi connectivity index (χ4n) is 3.24. The first-order valence-electron chi connectivity index (χ1n) is 7.54. The Bertz CT molecular complexity index is 1010. The maximum Gasteiger partial charge on any atom is 0.416 e. The van der Waals surface area contributed by atoms with E-state index in [2.05, 4.69) is 10.3 Å². The first-order valence-corrected chi connectivity index (χ1v) is 7.54. The molecular weight excluding hydrogens is 317 g/mol. The topological polar surface area (TPSA) is 44.9 Å². The number of H-pyrrole nitrogens is 1. The third-order valence-corrected chi connectivity index (χ3v) is 4.34. The van der Waals surface area contributed by atoms with Gasteiger partial charge in [-0.15, -0.1) is 0 Å². The van der Waals surface area contributed by atoms with Crippen LogP contribution in [-0.2, 0) is 12.6 Å². The smallest absolute Gasteiger partial charge is 0.384 e. The van der Waals surface area contributed by atoms with Crippen molar-refractivity contribution in [1.29, 1.82) is 0 Å². The number of pyridine rings is 1. The molecule has 2 aromatic carbocycles. The number of hydrogen-bond donors (Lipinski definition) is 2. The summed E-state index contributed by atoms with van der Waals surface area (Å²) < 4.78 is 38.8. The number of halogens is 3. The summed E-state index contributed by atoms with van der Waals surface area (Å²) >= 11 is 0. The molecule has 1 aliphatic rings. The minimum Gasteiger partial charge on any atom is -0.384 e. The first kappa shape index (κ1) is 14.8. The summed E-state index contributed by atoms with van der Waals surface area (Å²) in [5, 5.41) is 4.01. The first-order chi connectivity index (χ1) is 11.4. The van der Waals surface area contributed by atoms with Gasteiger partial charge in [-0.3, -0.25) is 4.79 Å². The van der Waals surface area contributed by atoms with Crippen LogP contribution in [0.5, 0.6) is 0 Å². The van der Waals surface area contributed by atoms with Crippen LogP contribution in [0.2, 0.25) is 0 Å². The molecule has 0 bridgehead atoms. The van der Waals surface area contributed by atoms with Gasteiger partial charge >= 0.3 is 6.18 Å². The fourth-order valence-corrected chi connectivity index (χ4v) is 3.24. The van der Waals surface area contributed by atoms with Gasteiger partial charge in [0.1, 0.15) is 0 Å². The van der Waals surface area contributed by atoms with Gasteiger partial charge in [0.15, 0.2) is 0 Å². The Labute approximate surface area is 135 Å². The lowest BCUT2D eigenvalue weighted by molar-refractivity contribution is -0.137. The molecule has 0 saturated carbocycles. The Morgan fingerprint density at radius 3 is 2.54 bits per heavy atom. The number of anilines is 1. The number of aromatic nitrogens is 1. The summed E-state index contributed by atoms with van der Waals surface area (Å²) in [7, 11) is 0. The van der Waals surface area contributed by atoms with Gasteiger partial charge in [-0.1, -0.05) is 12.1 Å². The number of fused-ring (bicyclic) bond motifs is 5. The molecule has 24 heavy (non-hydrogen) atoms. The van der Waals surface area contributed by atoms with Crippen molar-refractivity contribution in [2.24, 2.45) is 0 Å². The van der Waals surface area contributed by atoms with E-state index in [9.17, 15) is 18.0 Å². The highest BCUT2D eigenvalue weighted by Gasteiger charge is 2.31. The maximum atomic E-state index is 12.9. The van der Waals surface area contributed by atoms with Crippen molar-refractivity contribution in [3.8, 4) is 11.1 Å². The third-order valence-electron chi connectivity index (χ3n) is 4.34. The summed E-state index contributed by atoms with van der Waals surface area (Å²) in [6, 6.07) is 10.6. The SMILES string of the molecule is O=c1ccc2c3c(ccc2[nH]1)-c1ccc(C(F)(F)F)cc1NCC3. The van der Waals surface area contributed by atoms with Crippen LogP contribution in [0.3, 0.4) is 0 Å². The molecule has 3 aromatic rings. The van der Waals surface area contributed by atoms with Crippen molar-refractivity contribution in [2.75, 3.05) is 11.9 Å². The van der Waals surface area contributed by atoms with E-state index in [1.807, 2.05) is 6.07 Å². The monoisotopic (exact) mass is 330 g/mol. The molecule has 122 valence electrons. The summed E-state index contributed by atoms with van der Waals surface area (Å²) in [5.74, 6) is 0. The molecular formula is C18H13F3N2O. The highest BCUT2D eigenvalue weighted by molar-refractivity contribution is 5.93. The fraction of sp³-hybridized carbons (Fsp3) is 0.167. The van der Waals surface area contributed by atoms with Gasteiger partial charge in [0.05, 0.1) is 5.56 Å². The molecule has 2 N–H and O–H groups in total. The van der Waals surface area contributed by atoms with Gasteiger partial charge in [0.25, 0.3) is 0 Å². The minimum atomic E-state index is -4.37. The highest BCUT2D eigenvalue weighted by atomic mass is 19.4. The lowest BCUT2D eigenvalue weighted by atomic mass is 9.93. The second kappa shape index (κ2) is 5.12. The van der Waals surface area contributed by atoms with Crippen LogP contribution >= 0.6 is 0 Å². The molecule has 0 atom stereocenters. The number of nitrogens with one attached hydrogen (secondary N) is 2. The predicted molar refractivity (Wildman–Crippen MR) is 87.2 cm³/mol. The Morgan fingerprint density at radius 2 is 1.75 bits per heavy atom. The van der Waals surface area contributed by atoms with Crippen LogP contribution in [0.25, 0.3) is 22.0 Å². The largest absolute Gasteiger partial charge is 0.416 e. The van der Waals surface area contributed by atoms with Crippen molar-refractivity contribution >= 4 is 16.6 Å². The molecule has 1 aromatic heterocycles. The molecule has 0 fully saturated rings. The maximum absolute atomic E-state index is 12.9. The van der Waals surface area contributed by atoms with Gasteiger partial charge in [-0.05, 0) is 41.8 Å². The summed E-state index contributed by atoms with van der Waals surface area (Å²) in [6.07, 6.45) is -3.70. The van der Waals surface area contributed by atoms with Gasteiger partial charge in [-0.2, -0.15) is 13.2 Å². The van der Waals surface area contributed by atoms with Crippen molar-refractivity contribution < 1.29 is 13.2 Å². The summed E-state index contributed by atoms with van der Waals surface area (Å²) in [6.45, 7) is 0.527.